The van der Waals surface area contributed by atoms with Gasteiger partial charge in [0.15, 0.2) is 12.5 Å². The molecule has 0 fully saturated rings. The summed E-state index contributed by atoms with van der Waals surface area (Å²) in [7, 11) is 0. The summed E-state index contributed by atoms with van der Waals surface area (Å²) in [4.78, 5) is 1.72. The maximum atomic E-state index is 13.9. The normalized spacial score (nSPS) is 20.3. The first kappa shape index (κ1) is 21.2. The van der Waals surface area contributed by atoms with Crippen LogP contribution >= 0.6 is 0 Å². The molecule has 4 heteroatoms. The van der Waals surface area contributed by atoms with Gasteiger partial charge in [-0.3, -0.25) is 0 Å². The van der Waals surface area contributed by atoms with Gasteiger partial charge in [-0.05, 0) is 31.6 Å². The molecule has 0 bridgehead atoms. The minimum absolute atomic E-state index is 0.272. The van der Waals surface area contributed by atoms with Crippen LogP contribution in [0.4, 0.5) is 20.2 Å². The number of anilines is 1. The highest BCUT2D eigenvalue weighted by molar-refractivity contribution is 6.03. The van der Waals surface area contributed by atoms with Crippen LogP contribution in [0.5, 0.6) is 0 Å². The molecule has 31 heavy (non-hydrogen) atoms. The second kappa shape index (κ2) is 7.92. The fourth-order valence-corrected chi connectivity index (χ4v) is 4.90. The highest BCUT2D eigenvalue weighted by Crippen LogP contribution is 2.47. The molecule has 0 aliphatic carbocycles. The summed E-state index contributed by atoms with van der Waals surface area (Å²) < 4.78 is 29.4. The second-order valence-corrected chi connectivity index (χ2v) is 9.06. The second-order valence-electron chi connectivity index (χ2n) is 9.06. The molecule has 0 amide bonds. The van der Waals surface area contributed by atoms with E-state index in [-0.39, 0.29) is 10.8 Å². The molecule has 2 aromatic rings. The Bertz CT molecular complexity index is 1120. The molecule has 2 aliphatic heterocycles. The first-order chi connectivity index (χ1) is 14.8. The molecule has 0 N–H and O–H groups in total. The molecule has 0 spiro atoms. The lowest BCUT2D eigenvalue weighted by molar-refractivity contribution is -0.465. The molecule has 2 nitrogen and oxygen atoms in total. The maximum absolute atomic E-state index is 13.9. The fraction of sp³-hybridized carbons (Fsp3) is 0.296. The van der Waals surface area contributed by atoms with Crippen LogP contribution in [0.3, 0.4) is 0 Å². The number of nitrogens with zero attached hydrogens (tertiary/aromatic N) is 2. The molecule has 160 valence electrons. The van der Waals surface area contributed by atoms with Gasteiger partial charge in [0.1, 0.15) is 0 Å². The van der Waals surface area contributed by atoms with Gasteiger partial charge in [-0.15, -0.1) is 0 Å². The number of benzene rings is 2. The van der Waals surface area contributed by atoms with Gasteiger partial charge in [0, 0.05) is 34.5 Å². The first-order valence-corrected chi connectivity index (χ1v) is 10.6. The third-order valence-electron chi connectivity index (χ3n) is 6.57. The molecule has 0 unspecified atom stereocenters. The standard InChI is InChI=1S/C27H29F2N2/c1-26(2)20-12-8-10-14-22(20)30(18-28)24(26)16-6-5-7-17-25-27(3,4)21-13-9-11-15-23(21)31(25)19-29/h5-17H,18-19H2,1-4H3/q+1. The van der Waals surface area contributed by atoms with E-state index in [9.17, 15) is 8.78 Å². The topological polar surface area (TPSA) is 6.25 Å². The van der Waals surface area contributed by atoms with Crippen LogP contribution in [0.1, 0.15) is 38.8 Å². The lowest BCUT2D eigenvalue weighted by Gasteiger charge is -2.24. The predicted octanol–water partition coefficient (Wildman–Crippen LogP) is 6.71. The summed E-state index contributed by atoms with van der Waals surface area (Å²) in [5, 5.41) is 0. The van der Waals surface area contributed by atoms with Crippen LogP contribution in [0.25, 0.3) is 0 Å². The van der Waals surface area contributed by atoms with Crippen LogP contribution in [0.2, 0.25) is 0 Å². The molecule has 0 atom stereocenters. The van der Waals surface area contributed by atoms with Gasteiger partial charge in [0.2, 0.25) is 5.69 Å². The smallest absolute Gasteiger partial charge is 0.290 e. The molecule has 0 radical (unpaired) electrons. The van der Waals surface area contributed by atoms with Crippen LogP contribution in [0, 0.1) is 0 Å². The number of halogens is 2. The van der Waals surface area contributed by atoms with Crippen molar-refractivity contribution in [2.24, 2.45) is 0 Å². The summed E-state index contributed by atoms with van der Waals surface area (Å²) in [6, 6.07) is 15.9. The Labute approximate surface area is 183 Å². The number of rotatable bonds is 5. The van der Waals surface area contributed by atoms with Crippen molar-refractivity contribution in [3.8, 4) is 0 Å². The third-order valence-corrected chi connectivity index (χ3v) is 6.57. The van der Waals surface area contributed by atoms with Crippen molar-refractivity contribution in [3.05, 3.63) is 95.7 Å². The van der Waals surface area contributed by atoms with Gasteiger partial charge in [-0.25, -0.2) is 4.39 Å². The Hall–Kier alpha value is -3.01. The molecule has 0 saturated carbocycles. The Kier molecular flexibility index (Phi) is 5.42. The number of para-hydroxylation sites is 2. The Morgan fingerprint density at radius 2 is 1.52 bits per heavy atom. The van der Waals surface area contributed by atoms with Crippen LogP contribution in [-0.4, -0.2) is 23.9 Å². The van der Waals surface area contributed by atoms with Crippen molar-refractivity contribution >= 4 is 17.1 Å². The molecule has 2 heterocycles. The monoisotopic (exact) mass is 419 g/mol. The minimum atomic E-state index is -0.564. The number of hydrogen-bond acceptors (Lipinski definition) is 1. The van der Waals surface area contributed by atoms with Crippen molar-refractivity contribution in [2.45, 2.75) is 38.5 Å². The number of hydrogen-bond donors (Lipinski definition) is 0. The van der Waals surface area contributed by atoms with E-state index in [2.05, 4.69) is 39.8 Å². The molecule has 2 aromatic carbocycles. The Balaban J connectivity index is 1.60. The van der Waals surface area contributed by atoms with E-state index in [0.717, 1.165) is 33.9 Å². The largest absolute Gasteiger partial charge is 0.316 e. The summed E-state index contributed by atoms with van der Waals surface area (Å²) in [5.41, 5.74) is 5.40. The third kappa shape index (κ3) is 3.34. The van der Waals surface area contributed by atoms with E-state index >= 15 is 0 Å². The highest BCUT2D eigenvalue weighted by atomic mass is 19.1. The highest BCUT2D eigenvalue weighted by Gasteiger charge is 2.44. The number of fused-ring (bicyclic) bond motifs is 2. The zero-order chi connectivity index (χ0) is 22.2. The van der Waals surface area contributed by atoms with Gasteiger partial charge in [0.05, 0.1) is 5.41 Å². The SMILES string of the molecule is CC1(C)C(/C=C/C=C/C=C2/N(CF)c3ccccc3C2(C)C)=[N+](CF)c2ccccc21. The van der Waals surface area contributed by atoms with E-state index in [1.165, 1.54) is 0 Å². The van der Waals surface area contributed by atoms with E-state index < -0.39 is 13.6 Å². The van der Waals surface area contributed by atoms with Crippen LogP contribution < -0.4 is 4.90 Å². The Morgan fingerprint density at radius 1 is 0.839 bits per heavy atom. The van der Waals surface area contributed by atoms with E-state index in [1.807, 2.05) is 66.8 Å². The van der Waals surface area contributed by atoms with Gasteiger partial charge >= 0.3 is 0 Å². The molecular formula is C27H29F2N2+. The van der Waals surface area contributed by atoms with Crippen molar-refractivity contribution in [1.29, 1.82) is 0 Å². The molecular weight excluding hydrogens is 390 g/mol. The lowest BCUT2D eigenvalue weighted by atomic mass is 9.81. The lowest BCUT2D eigenvalue weighted by Crippen LogP contribution is -2.27. The van der Waals surface area contributed by atoms with Gasteiger partial charge in [-0.2, -0.15) is 8.97 Å². The van der Waals surface area contributed by atoms with Gasteiger partial charge in [0.25, 0.3) is 6.80 Å². The predicted molar refractivity (Wildman–Crippen MR) is 125 cm³/mol. The summed E-state index contributed by atoms with van der Waals surface area (Å²) in [6.45, 7) is 7.33. The van der Waals surface area contributed by atoms with Gasteiger partial charge < -0.3 is 4.90 Å². The zero-order valence-electron chi connectivity index (χ0n) is 18.6. The molecule has 0 aromatic heterocycles. The summed E-state index contributed by atoms with van der Waals surface area (Å²) in [6.07, 6.45) is 9.71. The van der Waals surface area contributed by atoms with Gasteiger partial charge in [-0.1, -0.05) is 68.5 Å². The van der Waals surface area contributed by atoms with E-state index in [0.29, 0.717) is 0 Å². The molecule has 4 rings (SSSR count). The Morgan fingerprint density at radius 3 is 2.23 bits per heavy atom. The minimum Gasteiger partial charge on any atom is -0.316 e. The van der Waals surface area contributed by atoms with Crippen molar-refractivity contribution in [1.82, 2.24) is 0 Å². The average Bonchev–Trinajstić information content (AvgIpc) is 3.12. The summed E-state index contributed by atoms with van der Waals surface area (Å²) >= 11 is 0. The quantitative estimate of drug-likeness (QED) is 0.296. The average molecular weight is 420 g/mol. The maximum Gasteiger partial charge on any atom is 0.290 e. The summed E-state index contributed by atoms with van der Waals surface area (Å²) in [5.74, 6) is 0. The van der Waals surface area contributed by atoms with Crippen molar-refractivity contribution in [2.75, 3.05) is 18.5 Å². The number of alkyl halides is 2. The molecule has 0 saturated heterocycles. The fourth-order valence-electron chi connectivity index (χ4n) is 4.90. The van der Waals surface area contributed by atoms with Crippen LogP contribution in [0.15, 0.2) is 84.6 Å². The van der Waals surface area contributed by atoms with E-state index in [4.69, 9.17) is 0 Å². The van der Waals surface area contributed by atoms with E-state index in [1.54, 1.807) is 9.48 Å². The number of allylic oxidation sites excluding steroid dienone is 6. The zero-order valence-corrected chi connectivity index (χ0v) is 18.6. The first-order valence-electron chi connectivity index (χ1n) is 10.6. The van der Waals surface area contributed by atoms with Crippen LogP contribution in [-0.2, 0) is 10.8 Å². The van der Waals surface area contributed by atoms with Crippen molar-refractivity contribution < 1.29 is 13.4 Å². The molecule has 2 aliphatic rings. The van der Waals surface area contributed by atoms with Crippen molar-refractivity contribution in [3.63, 3.8) is 0 Å².